The minimum absolute atomic E-state index is 0.00110. The van der Waals surface area contributed by atoms with E-state index in [0.29, 0.717) is 5.52 Å². The molecule has 1 aliphatic rings. The highest BCUT2D eigenvalue weighted by molar-refractivity contribution is 7.90. The van der Waals surface area contributed by atoms with Crippen molar-refractivity contribution >= 4 is 26.8 Å². The molecular weight excluding hydrogens is 428 g/mol. The molecule has 5 rings (SSSR count). The van der Waals surface area contributed by atoms with E-state index in [9.17, 15) is 13.2 Å². The Hall–Kier alpha value is -3.72. The fourth-order valence-corrected chi connectivity index (χ4v) is 5.22. The number of carbonyl (C=O) groups is 1. The van der Waals surface area contributed by atoms with Crippen LogP contribution in [0.5, 0.6) is 5.75 Å². The lowest BCUT2D eigenvalue weighted by atomic mass is 10.1. The SMILES string of the molecule is COc1cc2c(cc1S(=O)(=O)NC(=O)c1ccc3c(-n4cccn4)cccc3n1)CCC2. The highest BCUT2D eigenvalue weighted by atomic mass is 32.2. The van der Waals surface area contributed by atoms with Crippen molar-refractivity contribution in [2.75, 3.05) is 7.11 Å². The first kappa shape index (κ1) is 20.2. The number of carbonyl (C=O) groups excluding carboxylic acids is 1. The lowest BCUT2D eigenvalue weighted by Crippen LogP contribution is -2.31. The summed E-state index contributed by atoms with van der Waals surface area (Å²) in [6, 6.07) is 13.8. The standard InChI is InChI=1S/C23H20N4O4S/c1-31-21-13-15-5-2-6-16(15)14-22(21)32(29,30)26-23(28)19-10-9-17-18(25-19)7-3-8-20(17)27-12-4-11-24-27/h3-4,7-14H,2,5-6H2,1H3,(H,26,28). The van der Waals surface area contributed by atoms with Crippen LogP contribution in [0.2, 0.25) is 0 Å². The Labute approximate surface area is 184 Å². The third kappa shape index (κ3) is 3.50. The molecule has 0 fully saturated rings. The Morgan fingerprint density at radius 3 is 2.66 bits per heavy atom. The summed E-state index contributed by atoms with van der Waals surface area (Å²) < 4.78 is 35.2. The first-order valence-electron chi connectivity index (χ1n) is 10.1. The molecule has 32 heavy (non-hydrogen) atoms. The zero-order valence-electron chi connectivity index (χ0n) is 17.3. The molecule has 8 nitrogen and oxygen atoms in total. The van der Waals surface area contributed by atoms with E-state index >= 15 is 0 Å². The topological polar surface area (TPSA) is 103 Å². The van der Waals surface area contributed by atoms with Crippen LogP contribution in [0, 0.1) is 0 Å². The van der Waals surface area contributed by atoms with E-state index in [0.717, 1.165) is 41.5 Å². The van der Waals surface area contributed by atoms with Crippen molar-refractivity contribution in [2.45, 2.75) is 24.2 Å². The number of sulfonamides is 1. The van der Waals surface area contributed by atoms with Crippen LogP contribution in [-0.2, 0) is 22.9 Å². The molecule has 4 aromatic rings. The fourth-order valence-electron chi connectivity index (χ4n) is 4.05. The molecule has 162 valence electrons. The van der Waals surface area contributed by atoms with Gasteiger partial charge in [-0.25, -0.2) is 22.8 Å². The molecule has 1 aliphatic carbocycles. The third-order valence-electron chi connectivity index (χ3n) is 5.59. The van der Waals surface area contributed by atoms with Crippen molar-refractivity contribution in [2.24, 2.45) is 0 Å². The van der Waals surface area contributed by atoms with Gasteiger partial charge in [0, 0.05) is 17.8 Å². The van der Waals surface area contributed by atoms with Crippen LogP contribution >= 0.6 is 0 Å². The van der Waals surface area contributed by atoms with Crippen molar-refractivity contribution in [1.29, 1.82) is 0 Å². The van der Waals surface area contributed by atoms with Crippen LogP contribution < -0.4 is 9.46 Å². The first-order chi connectivity index (χ1) is 15.5. The maximum atomic E-state index is 13.0. The zero-order chi connectivity index (χ0) is 22.3. The summed E-state index contributed by atoms with van der Waals surface area (Å²) >= 11 is 0. The number of nitrogens with zero attached hydrogens (tertiary/aromatic N) is 3. The zero-order valence-corrected chi connectivity index (χ0v) is 18.1. The monoisotopic (exact) mass is 448 g/mol. The first-order valence-corrected chi connectivity index (χ1v) is 11.6. The molecule has 1 amide bonds. The Bertz CT molecular complexity index is 1450. The molecule has 0 bridgehead atoms. The van der Waals surface area contributed by atoms with Gasteiger partial charge in [-0.1, -0.05) is 6.07 Å². The number of rotatable bonds is 5. The Morgan fingerprint density at radius 1 is 1.09 bits per heavy atom. The predicted molar refractivity (Wildman–Crippen MR) is 119 cm³/mol. The van der Waals surface area contributed by atoms with Crippen LogP contribution in [0.25, 0.3) is 16.6 Å². The summed E-state index contributed by atoms with van der Waals surface area (Å²) in [5.41, 5.74) is 3.41. The second-order valence-electron chi connectivity index (χ2n) is 7.55. The van der Waals surface area contributed by atoms with Gasteiger partial charge in [0.2, 0.25) is 0 Å². The van der Waals surface area contributed by atoms with Gasteiger partial charge in [0.1, 0.15) is 16.3 Å². The number of hydrogen-bond donors (Lipinski definition) is 1. The predicted octanol–water partition coefficient (Wildman–Crippen LogP) is 3.04. The summed E-state index contributed by atoms with van der Waals surface area (Å²) in [5.74, 6) is -0.583. The number of methoxy groups -OCH3 is 1. The summed E-state index contributed by atoms with van der Waals surface area (Å²) in [4.78, 5) is 17.1. The van der Waals surface area contributed by atoms with Crippen molar-refractivity contribution < 1.29 is 17.9 Å². The summed E-state index contributed by atoms with van der Waals surface area (Å²) in [6.07, 6.45) is 6.15. The van der Waals surface area contributed by atoms with Gasteiger partial charge in [0.05, 0.1) is 18.3 Å². The number of nitrogens with one attached hydrogen (secondary N) is 1. The van der Waals surface area contributed by atoms with E-state index < -0.39 is 15.9 Å². The van der Waals surface area contributed by atoms with Gasteiger partial charge < -0.3 is 4.74 Å². The van der Waals surface area contributed by atoms with Crippen molar-refractivity contribution in [3.63, 3.8) is 0 Å². The number of fused-ring (bicyclic) bond motifs is 2. The molecule has 0 aliphatic heterocycles. The second kappa shape index (κ2) is 7.76. The number of benzene rings is 2. The summed E-state index contributed by atoms with van der Waals surface area (Å²) in [5, 5.41) is 5.02. The Morgan fingerprint density at radius 2 is 1.91 bits per heavy atom. The van der Waals surface area contributed by atoms with Crippen LogP contribution in [0.1, 0.15) is 28.0 Å². The van der Waals surface area contributed by atoms with Gasteiger partial charge in [0.25, 0.3) is 15.9 Å². The van der Waals surface area contributed by atoms with Crippen LogP contribution in [0.4, 0.5) is 0 Å². The van der Waals surface area contributed by atoms with E-state index in [1.54, 1.807) is 41.2 Å². The highest BCUT2D eigenvalue weighted by Gasteiger charge is 2.26. The maximum Gasteiger partial charge on any atom is 0.283 e. The van der Waals surface area contributed by atoms with Gasteiger partial charge >= 0.3 is 0 Å². The third-order valence-corrected chi connectivity index (χ3v) is 6.94. The fraction of sp³-hybridized carbons (Fsp3) is 0.174. The summed E-state index contributed by atoms with van der Waals surface area (Å²) in [7, 11) is -2.73. The van der Waals surface area contributed by atoms with Crippen LogP contribution in [0.3, 0.4) is 0 Å². The number of aromatic nitrogens is 3. The van der Waals surface area contributed by atoms with Gasteiger partial charge in [-0.2, -0.15) is 5.10 Å². The number of pyridine rings is 1. The average molecular weight is 449 g/mol. The number of aryl methyl sites for hydroxylation is 2. The van der Waals surface area contributed by atoms with Crippen molar-refractivity contribution in [1.82, 2.24) is 19.5 Å². The van der Waals surface area contributed by atoms with E-state index in [-0.39, 0.29) is 16.3 Å². The van der Waals surface area contributed by atoms with E-state index in [4.69, 9.17) is 4.74 Å². The largest absolute Gasteiger partial charge is 0.495 e. The van der Waals surface area contributed by atoms with E-state index in [1.165, 1.54) is 13.2 Å². The molecule has 0 saturated carbocycles. The van der Waals surface area contributed by atoms with Crippen molar-refractivity contribution in [3.8, 4) is 11.4 Å². The molecule has 1 N–H and O–H groups in total. The number of amides is 1. The average Bonchev–Trinajstić information content (AvgIpc) is 3.48. The molecule has 2 heterocycles. The molecule has 0 spiro atoms. The number of ether oxygens (including phenoxy) is 1. The minimum Gasteiger partial charge on any atom is -0.495 e. The van der Waals surface area contributed by atoms with Gasteiger partial charge in [0.15, 0.2) is 0 Å². The van der Waals surface area contributed by atoms with Crippen LogP contribution in [-0.4, -0.2) is 36.2 Å². The smallest absolute Gasteiger partial charge is 0.283 e. The lowest BCUT2D eigenvalue weighted by Gasteiger charge is -2.13. The molecular formula is C23H20N4O4S. The highest BCUT2D eigenvalue weighted by Crippen LogP contribution is 2.32. The molecule has 0 atom stereocenters. The maximum absolute atomic E-state index is 13.0. The molecule has 0 radical (unpaired) electrons. The van der Waals surface area contributed by atoms with Gasteiger partial charge in [-0.05, 0) is 72.9 Å². The van der Waals surface area contributed by atoms with Crippen LogP contribution in [0.15, 0.2) is 65.8 Å². The van der Waals surface area contributed by atoms with Gasteiger partial charge in [-0.15, -0.1) is 0 Å². The van der Waals surface area contributed by atoms with E-state index in [2.05, 4.69) is 14.8 Å². The summed E-state index contributed by atoms with van der Waals surface area (Å²) in [6.45, 7) is 0. The molecule has 2 aromatic heterocycles. The molecule has 2 aromatic carbocycles. The second-order valence-corrected chi connectivity index (χ2v) is 9.20. The Balaban J connectivity index is 1.47. The Kier molecular flexibility index (Phi) is 4.90. The molecule has 0 unspecified atom stereocenters. The normalized spacial score (nSPS) is 13.2. The lowest BCUT2D eigenvalue weighted by molar-refractivity contribution is 0.0977. The quantitative estimate of drug-likeness (QED) is 0.503. The van der Waals surface area contributed by atoms with Crippen molar-refractivity contribution in [3.05, 3.63) is 77.7 Å². The molecule has 9 heteroatoms. The number of hydrogen-bond acceptors (Lipinski definition) is 6. The molecule has 0 saturated heterocycles. The van der Waals surface area contributed by atoms with Gasteiger partial charge in [-0.3, -0.25) is 4.79 Å². The minimum atomic E-state index is -4.15. The van der Waals surface area contributed by atoms with E-state index in [1.807, 2.05) is 18.3 Å².